The minimum Gasteiger partial charge on any atom is -0.490 e. The second-order valence-electron chi connectivity index (χ2n) is 8.26. The lowest BCUT2D eigenvalue weighted by atomic mass is 9.86. The summed E-state index contributed by atoms with van der Waals surface area (Å²) in [6, 6.07) is 5.94. The summed E-state index contributed by atoms with van der Waals surface area (Å²) in [6.45, 7) is 5.71. The lowest BCUT2D eigenvalue weighted by Gasteiger charge is -2.20. The maximum absolute atomic E-state index is 12.4. The Hall–Kier alpha value is -2.50. The lowest BCUT2D eigenvalue weighted by Crippen LogP contribution is -2.20. The lowest BCUT2D eigenvalue weighted by molar-refractivity contribution is -0.117. The number of aromatic nitrogens is 2. The summed E-state index contributed by atoms with van der Waals surface area (Å²) in [6.07, 6.45) is 9.49. The van der Waals surface area contributed by atoms with Crippen LogP contribution in [0.5, 0.6) is 11.5 Å². The molecule has 2 aromatic rings. The summed E-state index contributed by atoms with van der Waals surface area (Å²) in [4.78, 5) is 12.4. The van der Waals surface area contributed by atoms with Crippen molar-refractivity contribution in [2.75, 3.05) is 18.5 Å². The molecule has 3 atom stereocenters. The SMILES string of the molecule is CCOc1ccc(Cn2cc(NC(=O)CC3CC4CCC3C4)cn2)cc1OCC. The van der Waals surface area contributed by atoms with Gasteiger partial charge in [0, 0.05) is 12.6 Å². The zero-order chi connectivity index (χ0) is 20.2. The van der Waals surface area contributed by atoms with Crippen LogP contribution in [0.4, 0.5) is 5.69 Å². The largest absolute Gasteiger partial charge is 0.490 e. The van der Waals surface area contributed by atoms with Crippen molar-refractivity contribution >= 4 is 11.6 Å². The average molecular weight is 398 g/mol. The fraction of sp³-hybridized carbons (Fsp3) is 0.565. The number of rotatable bonds is 9. The molecule has 1 heterocycles. The Balaban J connectivity index is 1.34. The molecule has 0 spiro atoms. The first-order valence-electron chi connectivity index (χ1n) is 10.9. The minimum atomic E-state index is 0.113. The Kier molecular flexibility index (Phi) is 6.07. The highest BCUT2D eigenvalue weighted by molar-refractivity contribution is 5.90. The average Bonchev–Trinajstić information content (AvgIpc) is 3.42. The van der Waals surface area contributed by atoms with Crippen LogP contribution in [-0.4, -0.2) is 28.9 Å². The first-order chi connectivity index (χ1) is 14.1. The van der Waals surface area contributed by atoms with Gasteiger partial charge in [0.15, 0.2) is 11.5 Å². The molecule has 2 aliphatic rings. The highest BCUT2D eigenvalue weighted by atomic mass is 16.5. The second kappa shape index (κ2) is 8.89. The Bertz CT molecular complexity index is 848. The van der Waals surface area contributed by atoms with Gasteiger partial charge in [0.25, 0.3) is 0 Å². The minimum absolute atomic E-state index is 0.113. The van der Waals surface area contributed by atoms with Crippen LogP contribution in [0.2, 0.25) is 0 Å². The quantitative estimate of drug-likeness (QED) is 0.677. The molecule has 2 saturated carbocycles. The monoisotopic (exact) mass is 397 g/mol. The molecule has 156 valence electrons. The van der Waals surface area contributed by atoms with Crippen molar-refractivity contribution < 1.29 is 14.3 Å². The van der Waals surface area contributed by atoms with Gasteiger partial charge in [-0.1, -0.05) is 12.5 Å². The van der Waals surface area contributed by atoms with E-state index in [1.807, 2.05) is 42.9 Å². The maximum Gasteiger partial charge on any atom is 0.224 e. The van der Waals surface area contributed by atoms with Crippen molar-refractivity contribution in [3.63, 3.8) is 0 Å². The van der Waals surface area contributed by atoms with E-state index in [2.05, 4.69) is 10.4 Å². The normalized spacial score (nSPS) is 22.6. The van der Waals surface area contributed by atoms with E-state index in [0.29, 0.717) is 32.1 Å². The fourth-order valence-corrected chi connectivity index (χ4v) is 4.97. The summed E-state index contributed by atoms with van der Waals surface area (Å²) in [7, 11) is 0. The predicted molar refractivity (Wildman–Crippen MR) is 112 cm³/mol. The Morgan fingerprint density at radius 1 is 1.17 bits per heavy atom. The number of benzene rings is 1. The molecule has 29 heavy (non-hydrogen) atoms. The molecule has 3 unspecified atom stereocenters. The summed E-state index contributed by atoms with van der Waals surface area (Å²) in [5, 5.41) is 7.42. The van der Waals surface area contributed by atoms with E-state index >= 15 is 0 Å². The van der Waals surface area contributed by atoms with Crippen molar-refractivity contribution in [3.05, 3.63) is 36.2 Å². The van der Waals surface area contributed by atoms with Gasteiger partial charge in [-0.2, -0.15) is 5.10 Å². The number of nitrogens with zero attached hydrogens (tertiary/aromatic N) is 2. The van der Waals surface area contributed by atoms with Gasteiger partial charge in [-0.3, -0.25) is 9.48 Å². The Morgan fingerprint density at radius 3 is 2.72 bits per heavy atom. The van der Waals surface area contributed by atoms with E-state index in [-0.39, 0.29) is 5.91 Å². The van der Waals surface area contributed by atoms with Gasteiger partial charge in [0.05, 0.1) is 31.6 Å². The molecule has 2 aliphatic carbocycles. The summed E-state index contributed by atoms with van der Waals surface area (Å²) >= 11 is 0. The van der Waals surface area contributed by atoms with Crippen molar-refractivity contribution in [2.24, 2.45) is 17.8 Å². The number of amides is 1. The first-order valence-corrected chi connectivity index (χ1v) is 10.9. The van der Waals surface area contributed by atoms with Gasteiger partial charge in [-0.05, 0) is 68.6 Å². The molecule has 6 nitrogen and oxygen atoms in total. The number of nitrogens with one attached hydrogen (secondary N) is 1. The third kappa shape index (κ3) is 4.74. The number of carbonyl (C=O) groups is 1. The number of ether oxygens (including phenoxy) is 2. The van der Waals surface area contributed by atoms with Crippen LogP contribution < -0.4 is 14.8 Å². The van der Waals surface area contributed by atoms with Gasteiger partial charge in [0.2, 0.25) is 5.91 Å². The standard InChI is InChI=1S/C23H31N3O3/c1-3-28-21-8-6-17(11-22(21)29-4-2)14-26-15-20(13-24-26)25-23(27)12-19-10-16-5-7-18(19)9-16/h6,8,11,13,15-16,18-19H,3-5,7,9-10,12,14H2,1-2H3,(H,25,27). The first kappa shape index (κ1) is 19.8. The molecule has 0 radical (unpaired) electrons. The van der Waals surface area contributed by atoms with E-state index in [9.17, 15) is 4.79 Å². The smallest absolute Gasteiger partial charge is 0.224 e. The van der Waals surface area contributed by atoms with Crippen molar-refractivity contribution in [1.29, 1.82) is 0 Å². The molecule has 2 bridgehead atoms. The van der Waals surface area contributed by atoms with Crippen molar-refractivity contribution in [2.45, 2.75) is 52.5 Å². The highest BCUT2D eigenvalue weighted by Gasteiger charge is 2.40. The van der Waals surface area contributed by atoms with Crippen LogP contribution >= 0.6 is 0 Å². The van der Waals surface area contributed by atoms with Gasteiger partial charge < -0.3 is 14.8 Å². The topological polar surface area (TPSA) is 65.4 Å². The molecule has 6 heteroatoms. The van der Waals surface area contributed by atoms with Gasteiger partial charge >= 0.3 is 0 Å². The van der Waals surface area contributed by atoms with Gasteiger partial charge in [0.1, 0.15) is 0 Å². The zero-order valence-electron chi connectivity index (χ0n) is 17.4. The molecule has 0 saturated heterocycles. The van der Waals surface area contributed by atoms with Crippen molar-refractivity contribution in [3.8, 4) is 11.5 Å². The fourth-order valence-electron chi connectivity index (χ4n) is 4.97. The van der Waals surface area contributed by atoms with Gasteiger partial charge in [-0.15, -0.1) is 0 Å². The van der Waals surface area contributed by atoms with E-state index in [1.165, 1.54) is 25.7 Å². The predicted octanol–water partition coefficient (Wildman–Crippen LogP) is 4.49. The maximum atomic E-state index is 12.4. The summed E-state index contributed by atoms with van der Waals surface area (Å²) in [5.41, 5.74) is 1.83. The van der Waals surface area contributed by atoms with Crippen LogP contribution in [0.25, 0.3) is 0 Å². The van der Waals surface area contributed by atoms with Gasteiger partial charge in [-0.25, -0.2) is 0 Å². The zero-order valence-corrected chi connectivity index (χ0v) is 17.4. The Labute approximate surface area is 172 Å². The number of fused-ring (bicyclic) bond motifs is 2. The highest BCUT2D eigenvalue weighted by Crippen LogP contribution is 2.49. The van der Waals surface area contributed by atoms with Crippen LogP contribution in [-0.2, 0) is 11.3 Å². The number of hydrogen-bond acceptors (Lipinski definition) is 4. The van der Waals surface area contributed by atoms with E-state index < -0.39 is 0 Å². The van der Waals surface area contributed by atoms with Crippen LogP contribution in [0.15, 0.2) is 30.6 Å². The van der Waals surface area contributed by atoms with Crippen LogP contribution in [0, 0.1) is 17.8 Å². The summed E-state index contributed by atoms with van der Waals surface area (Å²) < 4.78 is 13.2. The van der Waals surface area contributed by atoms with E-state index in [1.54, 1.807) is 6.20 Å². The molecule has 1 aromatic heterocycles. The number of anilines is 1. The summed E-state index contributed by atoms with van der Waals surface area (Å²) in [5.74, 6) is 3.83. The number of carbonyl (C=O) groups excluding carboxylic acids is 1. The van der Waals surface area contributed by atoms with E-state index in [4.69, 9.17) is 9.47 Å². The molecule has 1 aromatic carbocycles. The second-order valence-corrected chi connectivity index (χ2v) is 8.26. The molecule has 0 aliphatic heterocycles. The Morgan fingerprint density at radius 2 is 2.00 bits per heavy atom. The molecule has 1 N–H and O–H groups in total. The van der Waals surface area contributed by atoms with Crippen LogP contribution in [0.3, 0.4) is 0 Å². The van der Waals surface area contributed by atoms with Crippen LogP contribution in [0.1, 0.15) is 51.5 Å². The molecule has 2 fully saturated rings. The molecular weight excluding hydrogens is 366 g/mol. The number of hydrogen-bond donors (Lipinski definition) is 1. The molecule has 4 rings (SSSR count). The van der Waals surface area contributed by atoms with Crippen molar-refractivity contribution in [1.82, 2.24) is 9.78 Å². The third-order valence-corrected chi connectivity index (χ3v) is 6.20. The molecular formula is C23H31N3O3. The van der Waals surface area contributed by atoms with E-state index in [0.717, 1.165) is 34.6 Å². The molecule has 1 amide bonds. The third-order valence-electron chi connectivity index (χ3n) is 6.20.